The average molecular weight is 696 g/mol. The van der Waals surface area contributed by atoms with Gasteiger partial charge in [-0.1, -0.05) is 31.5 Å². The Bertz CT molecular complexity index is 1800. The van der Waals surface area contributed by atoms with Gasteiger partial charge in [0.05, 0.1) is 18.0 Å². The molecule has 11 heteroatoms. The van der Waals surface area contributed by atoms with Crippen LogP contribution in [-0.2, 0) is 9.59 Å². The Balaban J connectivity index is 0.000000565. The maximum absolute atomic E-state index is 14.0. The van der Waals surface area contributed by atoms with E-state index in [1.54, 1.807) is 0 Å². The number of carboxylic acid groups (broad SMARTS) is 2. The lowest BCUT2D eigenvalue weighted by molar-refractivity contribution is -0.134. The van der Waals surface area contributed by atoms with Crippen molar-refractivity contribution in [2.45, 2.75) is 45.6 Å². The van der Waals surface area contributed by atoms with E-state index in [0.717, 1.165) is 84.7 Å². The second-order valence-corrected chi connectivity index (χ2v) is 13.0. The highest BCUT2D eigenvalue weighted by atomic mass is 16.5. The molecule has 1 amide bonds. The number of benzene rings is 3. The number of carbonyl (C=O) groups excluding carboxylic acids is 1. The molecule has 0 aliphatic carbocycles. The molecule has 3 heterocycles. The van der Waals surface area contributed by atoms with E-state index in [1.807, 2.05) is 41.4 Å². The number of hydrogen-bond acceptors (Lipinski definition) is 7. The van der Waals surface area contributed by atoms with E-state index in [9.17, 15) is 14.4 Å². The van der Waals surface area contributed by atoms with Crippen LogP contribution in [0, 0.1) is 0 Å². The summed E-state index contributed by atoms with van der Waals surface area (Å²) >= 11 is 0. The summed E-state index contributed by atoms with van der Waals surface area (Å²) in [5.74, 6) is -1.75. The van der Waals surface area contributed by atoms with Crippen LogP contribution < -0.4 is 15.0 Å². The van der Waals surface area contributed by atoms with Gasteiger partial charge in [0.2, 0.25) is 0 Å². The molecule has 4 N–H and O–H groups in total. The predicted molar refractivity (Wildman–Crippen MR) is 202 cm³/mol. The number of aliphatic carboxylic acids is 2. The van der Waals surface area contributed by atoms with Crippen molar-refractivity contribution >= 4 is 40.1 Å². The van der Waals surface area contributed by atoms with Gasteiger partial charge in [0.15, 0.2) is 0 Å². The minimum atomic E-state index is -1.26. The Morgan fingerprint density at radius 3 is 2.27 bits per heavy atom. The molecule has 0 bridgehead atoms. The zero-order valence-electron chi connectivity index (χ0n) is 29.5. The third kappa shape index (κ3) is 10.4. The molecular formula is C40H49N5O6. The lowest BCUT2D eigenvalue weighted by atomic mass is 10.0. The van der Waals surface area contributed by atoms with E-state index < -0.39 is 11.9 Å². The van der Waals surface area contributed by atoms with E-state index in [4.69, 9.17) is 14.9 Å². The molecule has 2 aliphatic rings. The molecule has 11 nitrogen and oxygen atoms in total. The fourth-order valence-electron chi connectivity index (χ4n) is 6.44. The van der Waals surface area contributed by atoms with Crippen LogP contribution in [0.15, 0.2) is 85.1 Å². The summed E-state index contributed by atoms with van der Waals surface area (Å²) in [6.45, 7) is 12.5. The molecule has 0 saturated carbocycles. The van der Waals surface area contributed by atoms with Gasteiger partial charge in [0, 0.05) is 80.3 Å². The van der Waals surface area contributed by atoms with Crippen LogP contribution in [0.1, 0.15) is 49.9 Å². The van der Waals surface area contributed by atoms with E-state index >= 15 is 0 Å². The first-order valence-corrected chi connectivity index (χ1v) is 17.8. The van der Waals surface area contributed by atoms with Crippen LogP contribution in [0.2, 0.25) is 0 Å². The standard InChI is InChI=1S/C36H45N5O2.C4H4O4/c1-3-4-17-39-20-22-40(23-21-39)18-7-24-43-35-26-30(10-12-31(35)28-11-13-32-29(25-28)14-16-37-32)36(42)41-19-15-27(2)38-33-8-5-6-9-34(33)41;5-3(6)1-2-4(7)8/h5-6,8-14,16,25-27,37-38H,3-4,7,15,17-24H2,1-2H3;1-2H,(H,5,6)(H,7,8)/b;2-1+/t27-;/m0./s1. The first-order valence-electron chi connectivity index (χ1n) is 17.8. The predicted octanol–water partition coefficient (Wildman–Crippen LogP) is 6.58. The van der Waals surface area contributed by atoms with Crippen molar-refractivity contribution in [3.8, 4) is 16.9 Å². The summed E-state index contributed by atoms with van der Waals surface area (Å²) in [4.78, 5) is 43.5. The topological polar surface area (TPSA) is 138 Å². The van der Waals surface area contributed by atoms with Gasteiger partial charge < -0.3 is 40.0 Å². The molecule has 0 unspecified atom stereocenters. The average Bonchev–Trinajstić information content (AvgIpc) is 3.54. The number of para-hydroxylation sites is 2. The smallest absolute Gasteiger partial charge is 0.328 e. The van der Waals surface area contributed by atoms with Gasteiger partial charge in [0.1, 0.15) is 5.75 Å². The first-order chi connectivity index (χ1) is 24.7. The number of piperazine rings is 1. The van der Waals surface area contributed by atoms with Crippen LogP contribution in [0.3, 0.4) is 0 Å². The minimum Gasteiger partial charge on any atom is -0.493 e. The number of fused-ring (bicyclic) bond motifs is 2. The zero-order valence-corrected chi connectivity index (χ0v) is 29.5. The SMILES string of the molecule is CCCCN1CCN(CCCOc2cc(C(=O)N3CC[C@H](C)Nc4ccccc43)ccc2-c2ccc3[nH]ccc3c2)CC1.O=C(O)/C=C/C(=O)O. The van der Waals surface area contributed by atoms with Crippen LogP contribution in [0.25, 0.3) is 22.0 Å². The third-order valence-corrected chi connectivity index (χ3v) is 9.26. The number of aromatic nitrogens is 1. The van der Waals surface area contributed by atoms with E-state index in [-0.39, 0.29) is 5.91 Å². The number of rotatable bonds is 12. The largest absolute Gasteiger partial charge is 0.493 e. The molecule has 0 radical (unpaired) electrons. The minimum absolute atomic E-state index is 0.00165. The molecule has 1 saturated heterocycles. The number of aromatic amines is 1. The summed E-state index contributed by atoms with van der Waals surface area (Å²) in [7, 11) is 0. The number of H-pyrrole nitrogens is 1. The number of unbranched alkanes of at least 4 members (excludes halogenated alkanes) is 1. The van der Waals surface area contributed by atoms with Crippen molar-refractivity contribution in [2.75, 3.05) is 62.6 Å². The number of carboxylic acids is 2. The molecule has 0 spiro atoms. The Kier molecular flexibility index (Phi) is 13.3. The lowest BCUT2D eigenvalue weighted by Gasteiger charge is -2.34. The number of ether oxygens (including phenoxy) is 1. The number of hydrogen-bond donors (Lipinski definition) is 4. The van der Waals surface area contributed by atoms with Gasteiger partial charge in [-0.3, -0.25) is 4.79 Å². The molecule has 270 valence electrons. The molecule has 6 rings (SSSR count). The van der Waals surface area contributed by atoms with Crippen molar-refractivity contribution in [2.24, 2.45) is 0 Å². The normalized spacial score (nSPS) is 16.5. The zero-order chi connectivity index (χ0) is 36.2. The molecular weight excluding hydrogens is 646 g/mol. The summed E-state index contributed by atoms with van der Waals surface area (Å²) in [5, 5.41) is 20.3. The highest BCUT2D eigenvalue weighted by Crippen LogP contribution is 2.35. The maximum Gasteiger partial charge on any atom is 0.328 e. The summed E-state index contributed by atoms with van der Waals surface area (Å²) in [5.41, 5.74) is 5.78. The van der Waals surface area contributed by atoms with Crippen molar-refractivity contribution < 1.29 is 29.3 Å². The summed E-state index contributed by atoms with van der Waals surface area (Å²) in [6.07, 6.45) is 7.46. The van der Waals surface area contributed by atoms with Crippen LogP contribution >= 0.6 is 0 Å². The van der Waals surface area contributed by atoms with Gasteiger partial charge in [-0.25, -0.2) is 9.59 Å². The van der Waals surface area contributed by atoms with Crippen molar-refractivity contribution in [1.29, 1.82) is 0 Å². The molecule has 4 aromatic rings. The van der Waals surface area contributed by atoms with E-state index in [2.05, 4.69) is 70.3 Å². The van der Waals surface area contributed by atoms with Gasteiger partial charge in [-0.15, -0.1) is 0 Å². The molecule has 1 fully saturated rings. The molecule has 1 atom stereocenters. The van der Waals surface area contributed by atoms with Crippen molar-refractivity contribution in [1.82, 2.24) is 14.8 Å². The van der Waals surface area contributed by atoms with E-state index in [0.29, 0.717) is 36.9 Å². The second kappa shape index (κ2) is 18.2. The summed E-state index contributed by atoms with van der Waals surface area (Å²) in [6, 6.07) is 22.9. The Hall–Kier alpha value is -5.13. The first kappa shape index (κ1) is 37.1. The van der Waals surface area contributed by atoms with Gasteiger partial charge >= 0.3 is 11.9 Å². The fourth-order valence-corrected chi connectivity index (χ4v) is 6.44. The Morgan fingerprint density at radius 1 is 0.863 bits per heavy atom. The molecule has 3 aromatic carbocycles. The quantitative estimate of drug-likeness (QED) is 0.0956. The highest BCUT2D eigenvalue weighted by Gasteiger charge is 2.25. The molecule has 1 aromatic heterocycles. The molecule has 2 aliphatic heterocycles. The van der Waals surface area contributed by atoms with Crippen LogP contribution in [-0.4, -0.2) is 101 Å². The fraction of sp³-hybridized carbons (Fsp3) is 0.375. The number of amides is 1. The van der Waals surface area contributed by atoms with Gasteiger partial charge in [-0.2, -0.15) is 0 Å². The number of nitrogens with zero attached hydrogens (tertiary/aromatic N) is 3. The van der Waals surface area contributed by atoms with Crippen LogP contribution in [0.5, 0.6) is 5.75 Å². The number of nitrogens with one attached hydrogen (secondary N) is 2. The van der Waals surface area contributed by atoms with Gasteiger partial charge in [0.25, 0.3) is 5.91 Å². The van der Waals surface area contributed by atoms with Gasteiger partial charge in [-0.05, 0) is 92.2 Å². The second-order valence-electron chi connectivity index (χ2n) is 13.0. The van der Waals surface area contributed by atoms with Crippen molar-refractivity contribution in [3.63, 3.8) is 0 Å². The lowest BCUT2D eigenvalue weighted by Crippen LogP contribution is -2.46. The van der Waals surface area contributed by atoms with E-state index in [1.165, 1.54) is 19.4 Å². The third-order valence-electron chi connectivity index (χ3n) is 9.26. The Labute approximate surface area is 299 Å². The highest BCUT2D eigenvalue weighted by molar-refractivity contribution is 6.08. The van der Waals surface area contributed by atoms with Crippen LogP contribution in [0.4, 0.5) is 11.4 Å². The monoisotopic (exact) mass is 695 g/mol. The maximum atomic E-state index is 14.0. The molecule has 51 heavy (non-hydrogen) atoms. The Morgan fingerprint density at radius 2 is 1.57 bits per heavy atom. The van der Waals surface area contributed by atoms with Crippen molar-refractivity contribution in [3.05, 3.63) is 90.6 Å². The number of anilines is 2. The number of carbonyl (C=O) groups is 3. The summed E-state index contributed by atoms with van der Waals surface area (Å²) < 4.78 is 6.51.